The summed E-state index contributed by atoms with van der Waals surface area (Å²) < 4.78 is 2.01. The van der Waals surface area contributed by atoms with Gasteiger partial charge in [0.25, 0.3) is 0 Å². The molecule has 0 saturated carbocycles. The van der Waals surface area contributed by atoms with Crippen LogP contribution in [0.2, 0.25) is 0 Å². The van der Waals surface area contributed by atoms with E-state index in [1.807, 2.05) is 17.6 Å². The molecule has 0 spiro atoms. The SMILES string of the molecule is Brc1ccc2[nH]c(Cc3ccc4ncsc4c3)nc2n1. The summed E-state index contributed by atoms with van der Waals surface area (Å²) in [7, 11) is 0. The number of imidazole rings is 1. The van der Waals surface area contributed by atoms with E-state index in [2.05, 4.69) is 54.1 Å². The van der Waals surface area contributed by atoms with Crippen LogP contribution in [0.25, 0.3) is 21.4 Å². The average molecular weight is 345 g/mol. The van der Waals surface area contributed by atoms with Crippen LogP contribution in [0.5, 0.6) is 0 Å². The van der Waals surface area contributed by atoms with E-state index >= 15 is 0 Å². The lowest BCUT2D eigenvalue weighted by Gasteiger charge is -1.97. The number of fused-ring (bicyclic) bond motifs is 2. The molecule has 20 heavy (non-hydrogen) atoms. The lowest BCUT2D eigenvalue weighted by Crippen LogP contribution is -1.90. The summed E-state index contributed by atoms with van der Waals surface area (Å²) in [5.74, 6) is 0.925. The molecule has 0 amide bonds. The number of pyridine rings is 1. The molecule has 4 aromatic rings. The molecular formula is C14H9BrN4S. The Hall–Kier alpha value is -1.79. The van der Waals surface area contributed by atoms with Gasteiger partial charge in [0.2, 0.25) is 0 Å². The minimum atomic E-state index is 0.744. The third-order valence-electron chi connectivity index (χ3n) is 3.13. The fourth-order valence-corrected chi connectivity index (χ4v) is 3.25. The summed E-state index contributed by atoms with van der Waals surface area (Å²) in [6, 6.07) is 10.2. The number of rotatable bonds is 2. The van der Waals surface area contributed by atoms with Crippen LogP contribution in [0.1, 0.15) is 11.4 Å². The van der Waals surface area contributed by atoms with Crippen LogP contribution in [0.4, 0.5) is 0 Å². The van der Waals surface area contributed by atoms with Gasteiger partial charge in [-0.2, -0.15) is 0 Å². The zero-order valence-corrected chi connectivity index (χ0v) is 12.7. The summed E-state index contributed by atoms with van der Waals surface area (Å²) in [5, 5.41) is 0. The van der Waals surface area contributed by atoms with Gasteiger partial charge in [0, 0.05) is 6.42 Å². The molecule has 0 radical (unpaired) electrons. The van der Waals surface area contributed by atoms with Crippen LogP contribution in [-0.4, -0.2) is 19.9 Å². The van der Waals surface area contributed by atoms with Gasteiger partial charge in [0.15, 0.2) is 5.65 Å². The molecule has 4 nitrogen and oxygen atoms in total. The number of nitrogens with zero attached hydrogens (tertiary/aromatic N) is 3. The van der Waals surface area contributed by atoms with Crippen LogP contribution < -0.4 is 0 Å². The largest absolute Gasteiger partial charge is 0.340 e. The fourth-order valence-electron chi connectivity index (χ4n) is 2.21. The third kappa shape index (κ3) is 2.10. The van der Waals surface area contributed by atoms with Gasteiger partial charge in [-0.05, 0) is 45.8 Å². The summed E-state index contributed by atoms with van der Waals surface area (Å²) in [5.41, 5.74) is 5.85. The van der Waals surface area contributed by atoms with E-state index in [4.69, 9.17) is 0 Å². The van der Waals surface area contributed by atoms with Crippen molar-refractivity contribution in [3.8, 4) is 0 Å². The van der Waals surface area contributed by atoms with E-state index in [1.165, 1.54) is 10.3 Å². The van der Waals surface area contributed by atoms with Gasteiger partial charge in [0.05, 0.1) is 21.2 Å². The van der Waals surface area contributed by atoms with Gasteiger partial charge in [-0.15, -0.1) is 11.3 Å². The van der Waals surface area contributed by atoms with Gasteiger partial charge in [-0.1, -0.05) is 6.07 Å². The first-order valence-electron chi connectivity index (χ1n) is 6.11. The number of halogens is 1. The van der Waals surface area contributed by atoms with Crippen molar-refractivity contribution in [2.24, 2.45) is 0 Å². The highest BCUT2D eigenvalue weighted by Gasteiger charge is 2.06. The number of nitrogens with one attached hydrogen (secondary N) is 1. The molecule has 0 aliphatic carbocycles. The van der Waals surface area contributed by atoms with E-state index < -0.39 is 0 Å². The maximum absolute atomic E-state index is 4.53. The van der Waals surface area contributed by atoms with Gasteiger partial charge < -0.3 is 4.98 Å². The zero-order valence-electron chi connectivity index (χ0n) is 10.3. The molecule has 0 saturated heterocycles. The zero-order chi connectivity index (χ0) is 13.5. The molecule has 0 unspecified atom stereocenters. The van der Waals surface area contributed by atoms with Crippen molar-refractivity contribution in [2.45, 2.75) is 6.42 Å². The Bertz CT molecular complexity index is 912. The van der Waals surface area contributed by atoms with Crippen LogP contribution in [-0.2, 0) is 6.42 Å². The van der Waals surface area contributed by atoms with Crippen molar-refractivity contribution in [2.75, 3.05) is 0 Å². The smallest absolute Gasteiger partial charge is 0.178 e. The maximum Gasteiger partial charge on any atom is 0.178 e. The van der Waals surface area contributed by atoms with Crippen molar-refractivity contribution in [3.05, 3.63) is 51.8 Å². The monoisotopic (exact) mass is 344 g/mol. The first-order chi connectivity index (χ1) is 9.78. The Balaban J connectivity index is 1.72. The standard InChI is InChI=1S/C14H9BrN4S/c15-12-4-3-10-14(18-12)19-13(17-10)6-8-1-2-9-11(5-8)20-7-16-9/h1-5,7H,6H2,(H,17,18,19). The van der Waals surface area contributed by atoms with Crippen LogP contribution >= 0.6 is 27.3 Å². The maximum atomic E-state index is 4.53. The number of aromatic amines is 1. The summed E-state index contributed by atoms with van der Waals surface area (Å²) in [6.07, 6.45) is 0.766. The number of H-pyrrole nitrogens is 1. The quantitative estimate of drug-likeness (QED) is 0.560. The molecule has 4 rings (SSSR count). The minimum Gasteiger partial charge on any atom is -0.340 e. The molecule has 0 bridgehead atoms. The van der Waals surface area contributed by atoms with Crippen LogP contribution in [0, 0.1) is 0 Å². The number of benzene rings is 1. The summed E-state index contributed by atoms with van der Waals surface area (Å²) in [6.45, 7) is 0. The van der Waals surface area contributed by atoms with Gasteiger partial charge in [-0.3, -0.25) is 0 Å². The molecule has 3 heterocycles. The van der Waals surface area contributed by atoms with Gasteiger partial charge >= 0.3 is 0 Å². The second kappa shape index (κ2) is 4.64. The lowest BCUT2D eigenvalue weighted by atomic mass is 10.1. The Morgan fingerprint density at radius 3 is 3.05 bits per heavy atom. The fraction of sp³-hybridized carbons (Fsp3) is 0.0714. The first kappa shape index (κ1) is 12.0. The Morgan fingerprint density at radius 1 is 1.15 bits per heavy atom. The topological polar surface area (TPSA) is 54.5 Å². The Morgan fingerprint density at radius 2 is 2.10 bits per heavy atom. The highest BCUT2D eigenvalue weighted by atomic mass is 79.9. The average Bonchev–Trinajstić information content (AvgIpc) is 3.03. The molecule has 1 N–H and O–H groups in total. The minimum absolute atomic E-state index is 0.744. The van der Waals surface area contributed by atoms with Gasteiger partial charge in [-0.25, -0.2) is 15.0 Å². The highest BCUT2D eigenvalue weighted by Crippen LogP contribution is 2.21. The van der Waals surface area contributed by atoms with E-state index in [0.717, 1.165) is 33.5 Å². The summed E-state index contributed by atoms with van der Waals surface area (Å²) in [4.78, 5) is 16.5. The number of thiazole rings is 1. The Kier molecular flexibility index (Phi) is 2.78. The molecule has 98 valence electrons. The molecule has 0 atom stereocenters. The van der Waals surface area contributed by atoms with Crippen LogP contribution in [0.3, 0.4) is 0 Å². The normalized spacial score (nSPS) is 11.4. The van der Waals surface area contributed by atoms with E-state index in [-0.39, 0.29) is 0 Å². The summed E-state index contributed by atoms with van der Waals surface area (Å²) >= 11 is 5.02. The molecule has 0 aliphatic heterocycles. The predicted molar refractivity (Wildman–Crippen MR) is 84.0 cm³/mol. The molecule has 1 aromatic carbocycles. The second-order valence-corrected chi connectivity index (χ2v) is 6.22. The van der Waals surface area contributed by atoms with Crippen molar-refractivity contribution < 1.29 is 0 Å². The van der Waals surface area contributed by atoms with Crippen molar-refractivity contribution in [1.29, 1.82) is 0 Å². The molecule has 6 heteroatoms. The highest BCUT2D eigenvalue weighted by molar-refractivity contribution is 9.10. The number of aromatic nitrogens is 4. The van der Waals surface area contributed by atoms with E-state index in [1.54, 1.807) is 11.3 Å². The second-order valence-electron chi connectivity index (χ2n) is 4.52. The van der Waals surface area contributed by atoms with Crippen molar-refractivity contribution in [1.82, 2.24) is 19.9 Å². The third-order valence-corrected chi connectivity index (χ3v) is 4.36. The van der Waals surface area contributed by atoms with E-state index in [9.17, 15) is 0 Å². The van der Waals surface area contributed by atoms with Crippen molar-refractivity contribution >= 4 is 48.6 Å². The first-order valence-corrected chi connectivity index (χ1v) is 7.78. The number of hydrogen-bond acceptors (Lipinski definition) is 4. The molecule has 0 aliphatic rings. The van der Waals surface area contributed by atoms with Crippen molar-refractivity contribution in [3.63, 3.8) is 0 Å². The predicted octanol–water partition coefficient (Wildman–Crippen LogP) is 3.92. The van der Waals surface area contributed by atoms with E-state index in [0.29, 0.717) is 0 Å². The molecule has 0 fully saturated rings. The Labute approximate surface area is 127 Å². The molecule has 3 aromatic heterocycles. The molecular weight excluding hydrogens is 336 g/mol. The van der Waals surface area contributed by atoms with Crippen LogP contribution in [0.15, 0.2) is 40.4 Å². The number of hydrogen-bond donors (Lipinski definition) is 1. The van der Waals surface area contributed by atoms with Gasteiger partial charge in [0.1, 0.15) is 10.4 Å². The lowest BCUT2D eigenvalue weighted by molar-refractivity contribution is 1.04.